The molecule has 1 heterocycles. The number of halogens is 2. The molecule has 0 aliphatic heterocycles. The average molecular weight is 348 g/mol. The minimum absolute atomic E-state index is 0.281. The van der Waals surface area contributed by atoms with E-state index in [2.05, 4.69) is 26.1 Å². The Morgan fingerprint density at radius 1 is 1.19 bits per heavy atom. The molecule has 106 valence electrons. The first-order valence-corrected chi connectivity index (χ1v) is 7.03. The third-order valence-electron chi connectivity index (χ3n) is 2.96. The van der Waals surface area contributed by atoms with Gasteiger partial charge in [-0.15, -0.1) is 0 Å². The molecule has 0 bridgehead atoms. The smallest absolute Gasteiger partial charge is 0.258 e. The topological polar surface area (TPSA) is 64.9 Å². The Morgan fingerprint density at radius 2 is 2.05 bits per heavy atom. The summed E-state index contributed by atoms with van der Waals surface area (Å²) in [4.78, 5) is 4.31. The molecule has 0 aliphatic rings. The first-order valence-electron chi connectivity index (χ1n) is 6.24. The van der Waals surface area contributed by atoms with Crippen LogP contribution in [0.4, 0.5) is 10.1 Å². The van der Waals surface area contributed by atoms with E-state index in [1.807, 2.05) is 18.2 Å². The molecule has 2 aromatic carbocycles. The van der Waals surface area contributed by atoms with Crippen LogP contribution in [0, 0.1) is 5.82 Å². The predicted octanol–water partition coefficient (Wildman–Crippen LogP) is 3.81. The molecule has 0 amide bonds. The van der Waals surface area contributed by atoms with E-state index in [0.29, 0.717) is 23.8 Å². The van der Waals surface area contributed by atoms with Gasteiger partial charge in [0.2, 0.25) is 0 Å². The highest BCUT2D eigenvalue weighted by atomic mass is 79.9. The van der Waals surface area contributed by atoms with Gasteiger partial charge in [-0.25, -0.2) is 4.39 Å². The fourth-order valence-corrected chi connectivity index (χ4v) is 2.20. The van der Waals surface area contributed by atoms with Gasteiger partial charge in [0.25, 0.3) is 5.89 Å². The Morgan fingerprint density at radius 3 is 2.81 bits per heavy atom. The van der Waals surface area contributed by atoms with E-state index in [1.54, 1.807) is 12.1 Å². The summed E-state index contributed by atoms with van der Waals surface area (Å²) in [5.41, 5.74) is 7.96. The van der Waals surface area contributed by atoms with E-state index >= 15 is 0 Å². The molecule has 4 nitrogen and oxygen atoms in total. The van der Waals surface area contributed by atoms with Gasteiger partial charge in [0, 0.05) is 22.1 Å². The molecule has 0 unspecified atom stereocenters. The predicted molar refractivity (Wildman–Crippen MR) is 81.1 cm³/mol. The molecule has 6 heteroatoms. The van der Waals surface area contributed by atoms with Crippen molar-refractivity contribution in [2.45, 2.75) is 6.42 Å². The SMILES string of the molecule is Nc1cc(-c2nc(Cc3cccc(F)c3)no2)ccc1Br. The number of hydrogen-bond donors (Lipinski definition) is 1. The molecule has 0 atom stereocenters. The summed E-state index contributed by atoms with van der Waals surface area (Å²) >= 11 is 3.33. The molecule has 3 aromatic rings. The molecule has 2 N–H and O–H groups in total. The lowest BCUT2D eigenvalue weighted by molar-refractivity contribution is 0.424. The van der Waals surface area contributed by atoms with Crippen molar-refractivity contribution in [1.82, 2.24) is 10.1 Å². The first-order chi connectivity index (χ1) is 10.1. The zero-order valence-electron chi connectivity index (χ0n) is 10.9. The van der Waals surface area contributed by atoms with Gasteiger partial charge in [-0.3, -0.25) is 0 Å². The van der Waals surface area contributed by atoms with Crippen LogP contribution in [-0.2, 0) is 6.42 Å². The summed E-state index contributed by atoms with van der Waals surface area (Å²) in [6.45, 7) is 0. The molecular weight excluding hydrogens is 337 g/mol. The van der Waals surface area contributed by atoms with E-state index < -0.39 is 0 Å². The molecule has 1 aromatic heterocycles. The zero-order valence-corrected chi connectivity index (χ0v) is 12.5. The van der Waals surface area contributed by atoms with Gasteiger partial charge < -0.3 is 10.3 Å². The van der Waals surface area contributed by atoms with Crippen molar-refractivity contribution in [3.05, 3.63) is 64.1 Å². The van der Waals surface area contributed by atoms with Crippen molar-refractivity contribution >= 4 is 21.6 Å². The number of nitrogen functional groups attached to an aromatic ring is 1. The van der Waals surface area contributed by atoms with Gasteiger partial charge in [0.1, 0.15) is 5.82 Å². The second-order valence-corrected chi connectivity index (χ2v) is 5.41. The third-order valence-corrected chi connectivity index (χ3v) is 3.68. The normalized spacial score (nSPS) is 10.8. The molecule has 0 radical (unpaired) electrons. The van der Waals surface area contributed by atoms with Crippen LogP contribution in [-0.4, -0.2) is 10.1 Å². The Bertz CT molecular complexity index is 788. The van der Waals surface area contributed by atoms with Crippen molar-refractivity contribution in [3.8, 4) is 11.5 Å². The lowest BCUT2D eigenvalue weighted by Gasteiger charge is -1.99. The molecular formula is C15H11BrFN3O. The number of benzene rings is 2. The standard InChI is InChI=1S/C15H11BrFN3O/c16-12-5-4-10(8-13(12)18)15-19-14(20-21-15)7-9-2-1-3-11(17)6-9/h1-6,8H,7,18H2. The average Bonchev–Trinajstić information content (AvgIpc) is 2.90. The minimum atomic E-state index is -0.281. The number of aromatic nitrogens is 2. The van der Waals surface area contributed by atoms with E-state index in [9.17, 15) is 4.39 Å². The zero-order chi connectivity index (χ0) is 14.8. The second-order valence-electron chi connectivity index (χ2n) is 4.56. The van der Waals surface area contributed by atoms with Gasteiger partial charge in [-0.1, -0.05) is 17.3 Å². The maximum Gasteiger partial charge on any atom is 0.258 e. The van der Waals surface area contributed by atoms with Crippen LogP contribution in [0.2, 0.25) is 0 Å². The lowest BCUT2D eigenvalue weighted by Crippen LogP contribution is -1.92. The van der Waals surface area contributed by atoms with E-state index in [1.165, 1.54) is 12.1 Å². The highest BCUT2D eigenvalue weighted by Gasteiger charge is 2.10. The van der Waals surface area contributed by atoms with Crippen LogP contribution in [0.25, 0.3) is 11.5 Å². The van der Waals surface area contributed by atoms with Gasteiger partial charge >= 0.3 is 0 Å². The van der Waals surface area contributed by atoms with E-state index in [0.717, 1.165) is 15.6 Å². The lowest BCUT2D eigenvalue weighted by atomic mass is 10.1. The fourth-order valence-electron chi connectivity index (χ4n) is 1.95. The van der Waals surface area contributed by atoms with Crippen molar-refractivity contribution in [2.24, 2.45) is 0 Å². The van der Waals surface area contributed by atoms with Crippen LogP contribution in [0.3, 0.4) is 0 Å². The van der Waals surface area contributed by atoms with Crippen LogP contribution in [0.5, 0.6) is 0 Å². The summed E-state index contributed by atoms with van der Waals surface area (Å²) in [5, 5.41) is 3.91. The molecule has 21 heavy (non-hydrogen) atoms. The number of nitrogens with two attached hydrogens (primary N) is 1. The van der Waals surface area contributed by atoms with Crippen molar-refractivity contribution < 1.29 is 8.91 Å². The maximum absolute atomic E-state index is 13.1. The largest absolute Gasteiger partial charge is 0.398 e. The summed E-state index contributed by atoms with van der Waals surface area (Å²) in [5.74, 6) is 0.606. The van der Waals surface area contributed by atoms with Gasteiger partial charge in [-0.05, 0) is 51.8 Å². The second kappa shape index (κ2) is 5.65. The van der Waals surface area contributed by atoms with Gasteiger partial charge in [-0.2, -0.15) is 4.98 Å². The van der Waals surface area contributed by atoms with Crippen molar-refractivity contribution in [1.29, 1.82) is 0 Å². The molecule has 0 saturated heterocycles. The highest BCUT2D eigenvalue weighted by molar-refractivity contribution is 9.10. The number of anilines is 1. The van der Waals surface area contributed by atoms with Gasteiger partial charge in [0.05, 0.1) is 0 Å². The number of nitrogens with zero attached hydrogens (tertiary/aromatic N) is 2. The molecule has 0 fully saturated rings. The third kappa shape index (κ3) is 3.11. The summed E-state index contributed by atoms with van der Waals surface area (Å²) in [6.07, 6.45) is 0.410. The molecule has 0 saturated carbocycles. The first kappa shape index (κ1) is 13.8. The van der Waals surface area contributed by atoms with Crippen LogP contribution in [0.1, 0.15) is 11.4 Å². The van der Waals surface area contributed by atoms with E-state index in [-0.39, 0.29) is 5.82 Å². The number of rotatable bonds is 3. The maximum atomic E-state index is 13.1. The molecule has 0 aliphatic carbocycles. The molecule has 3 rings (SSSR count). The monoisotopic (exact) mass is 347 g/mol. The minimum Gasteiger partial charge on any atom is -0.398 e. The Balaban J connectivity index is 1.84. The quantitative estimate of drug-likeness (QED) is 0.731. The van der Waals surface area contributed by atoms with Gasteiger partial charge in [0.15, 0.2) is 5.82 Å². The molecule has 0 spiro atoms. The van der Waals surface area contributed by atoms with Crippen LogP contribution in [0.15, 0.2) is 51.5 Å². The highest BCUT2D eigenvalue weighted by Crippen LogP contribution is 2.26. The Kier molecular flexibility index (Phi) is 3.70. The number of hydrogen-bond acceptors (Lipinski definition) is 4. The summed E-state index contributed by atoms with van der Waals surface area (Å²) in [6, 6.07) is 11.7. The van der Waals surface area contributed by atoms with Crippen molar-refractivity contribution in [2.75, 3.05) is 5.73 Å². The summed E-state index contributed by atoms with van der Waals surface area (Å²) in [7, 11) is 0. The fraction of sp³-hybridized carbons (Fsp3) is 0.0667. The van der Waals surface area contributed by atoms with E-state index in [4.69, 9.17) is 10.3 Å². The Hall–Kier alpha value is -2.21. The summed E-state index contributed by atoms with van der Waals surface area (Å²) < 4.78 is 19.2. The van der Waals surface area contributed by atoms with Crippen LogP contribution >= 0.6 is 15.9 Å². The van der Waals surface area contributed by atoms with Crippen LogP contribution < -0.4 is 5.73 Å². The Labute approximate surface area is 128 Å². The van der Waals surface area contributed by atoms with Crippen molar-refractivity contribution in [3.63, 3.8) is 0 Å².